The van der Waals surface area contributed by atoms with Crippen molar-refractivity contribution >= 4 is 11.7 Å². The smallest absolute Gasteiger partial charge is 0.301 e. The highest BCUT2D eigenvalue weighted by Crippen LogP contribution is 2.21. The molecule has 1 aromatic heterocycles. The minimum absolute atomic E-state index is 0.619. The van der Waals surface area contributed by atoms with Crippen LogP contribution in [0.3, 0.4) is 0 Å². The molecule has 14 heavy (non-hydrogen) atoms. The van der Waals surface area contributed by atoms with Crippen molar-refractivity contribution in [2.24, 2.45) is 0 Å². The fraction of sp³-hybridized carbons (Fsp3) is 0.182. The summed E-state index contributed by atoms with van der Waals surface area (Å²) < 4.78 is 5.41. The minimum Gasteiger partial charge on any atom is -0.429 e. The predicted molar refractivity (Wildman–Crippen MR) is 55.7 cm³/mol. The molecule has 3 heteroatoms. The lowest BCUT2D eigenvalue weighted by atomic mass is 10.3. The molecular formula is C11H12N2O. The number of anilines is 2. The van der Waals surface area contributed by atoms with E-state index in [-0.39, 0.29) is 0 Å². The van der Waals surface area contributed by atoms with E-state index < -0.39 is 0 Å². The zero-order valence-corrected chi connectivity index (χ0v) is 8.27. The number of oxazole rings is 1. The van der Waals surface area contributed by atoms with Gasteiger partial charge in [0.1, 0.15) is 5.76 Å². The Kier molecular flexibility index (Phi) is 2.23. The van der Waals surface area contributed by atoms with Gasteiger partial charge in [0.15, 0.2) is 0 Å². The van der Waals surface area contributed by atoms with Crippen LogP contribution in [-0.2, 0) is 0 Å². The van der Waals surface area contributed by atoms with E-state index in [1.807, 2.05) is 49.2 Å². The summed E-state index contributed by atoms with van der Waals surface area (Å²) in [6.07, 6.45) is 1.72. The van der Waals surface area contributed by atoms with Gasteiger partial charge in [-0.2, -0.15) is 0 Å². The number of hydrogen-bond donors (Lipinski definition) is 0. The van der Waals surface area contributed by atoms with Crippen LogP contribution in [-0.4, -0.2) is 12.0 Å². The molecule has 2 aromatic rings. The second kappa shape index (κ2) is 3.54. The molecule has 1 aromatic carbocycles. The van der Waals surface area contributed by atoms with Gasteiger partial charge >= 0.3 is 6.01 Å². The molecule has 0 bridgehead atoms. The Bertz CT molecular complexity index is 408. The minimum atomic E-state index is 0.619. The second-order valence-corrected chi connectivity index (χ2v) is 3.15. The van der Waals surface area contributed by atoms with Crippen molar-refractivity contribution in [1.82, 2.24) is 4.98 Å². The van der Waals surface area contributed by atoms with Gasteiger partial charge in [0.25, 0.3) is 0 Å². The first kappa shape index (κ1) is 8.81. The molecule has 0 aliphatic rings. The van der Waals surface area contributed by atoms with Crippen LogP contribution in [0.4, 0.5) is 11.7 Å². The van der Waals surface area contributed by atoms with Gasteiger partial charge in [-0.25, -0.2) is 4.98 Å². The molecule has 0 saturated heterocycles. The number of nitrogens with zero attached hydrogens (tertiary/aromatic N) is 2. The molecule has 3 nitrogen and oxygen atoms in total. The van der Waals surface area contributed by atoms with E-state index in [9.17, 15) is 0 Å². The summed E-state index contributed by atoms with van der Waals surface area (Å²) in [5.74, 6) is 0.822. The first-order chi connectivity index (χ1) is 6.77. The zero-order valence-electron chi connectivity index (χ0n) is 8.27. The van der Waals surface area contributed by atoms with E-state index in [0.717, 1.165) is 11.4 Å². The Hall–Kier alpha value is -1.77. The lowest BCUT2D eigenvalue weighted by Crippen LogP contribution is -2.09. The molecule has 0 aliphatic carbocycles. The van der Waals surface area contributed by atoms with Crippen molar-refractivity contribution in [3.8, 4) is 0 Å². The van der Waals surface area contributed by atoms with Crippen LogP contribution in [0.1, 0.15) is 5.76 Å². The summed E-state index contributed by atoms with van der Waals surface area (Å²) in [4.78, 5) is 6.06. The van der Waals surface area contributed by atoms with Crippen molar-refractivity contribution in [3.05, 3.63) is 42.3 Å². The predicted octanol–water partition coefficient (Wildman–Crippen LogP) is 2.75. The van der Waals surface area contributed by atoms with Crippen molar-refractivity contribution < 1.29 is 4.42 Å². The molecule has 0 N–H and O–H groups in total. The SMILES string of the molecule is Cc1cnc(N(C)c2ccccc2)o1. The summed E-state index contributed by atoms with van der Waals surface area (Å²) in [5.41, 5.74) is 1.06. The highest BCUT2D eigenvalue weighted by atomic mass is 16.4. The first-order valence-electron chi connectivity index (χ1n) is 4.48. The average Bonchev–Trinajstić information content (AvgIpc) is 2.65. The molecule has 72 valence electrons. The molecule has 0 unspecified atom stereocenters. The highest BCUT2D eigenvalue weighted by Gasteiger charge is 2.07. The van der Waals surface area contributed by atoms with Crippen molar-refractivity contribution in [1.29, 1.82) is 0 Å². The molecule has 0 fully saturated rings. The summed E-state index contributed by atoms with van der Waals surface area (Å²) in [6.45, 7) is 1.88. The van der Waals surface area contributed by atoms with Gasteiger partial charge in [-0.1, -0.05) is 18.2 Å². The van der Waals surface area contributed by atoms with Crippen LogP contribution in [0.25, 0.3) is 0 Å². The molecule has 0 aliphatic heterocycles. The normalized spacial score (nSPS) is 10.1. The zero-order chi connectivity index (χ0) is 9.97. The maximum Gasteiger partial charge on any atom is 0.301 e. The van der Waals surface area contributed by atoms with E-state index in [0.29, 0.717) is 6.01 Å². The number of benzene rings is 1. The first-order valence-corrected chi connectivity index (χ1v) is 4.48. The molecular weight excluding hydrogens is 176 g/mol. The number of aryl methyl sites for hydroxylation is 1. The third kappa shape index (κ3) is 1.62. The Balaban J connectivity index is 2.29. The second-order valence-electron chi connectivity index (χ2n) is 3.15. The standard InChI is InChI=1S/C11H12N2O/c1-9-8-12-11(14-9)13(2)10-6-4-3-5-7-10/h3-8H,1-2H3. The van der Waals surface area contributed by atoms with Gasteiger partial charge in [0.2, 0.25) is 0 Å². The topological polar surface area (TPSA) is 29.3 Å². The van der Waals surface area contributed by atoms with E-state index in [1.54, 1.807) is 6.20 Å². The van der Waals surface area contributed by atoms with Gasteiger partial charge in [0.05, 0.1) is 6.20 Å². The Morgan fingerprint density at radius 3 is 2.50 bits per heavy atom. The summed E-state index contributed by atoms with van der Waals surface area (Å²) in [7, 11) is 1.93. The monoisotopic (exact) mass is 188 g/mol. The molecule has 0 radical (unpaired) electrons. The molecule has 1 heterocycles. The van der Waals surface area contributed by atoms with Crippen LogP contribution in [0.15, 0.2) is 40.9 Å². The molecule has 2 rings (SSSR count). The van der Waals surface area contributed by atoms with Gasteiger partial charge in [-0.05, 0) is 19.1 Å². The third-order valence-corrected chi connectivity index (χ3v) is 2.04. The highest BCUT2D eigenvalue weighted by molar-refractivity contribution is 5.54. The lowest BCUT2D eigenvalue weighted by molar-refractivity contribution is 0.531. The maximum absolute atomic E-state index is 5.41. The van der Waals surface area contributed by atoms with Gasteiger partial charge < -0.3 is 4.42 Å². The Labute approximate surface area is 83.0 Å². The molecule has 0 spiro atoms. The molecule has 0 saturated carbocycles. The van der Waals surface area contributed by atoms with Gasteiger partial charge in [-0.15, -0.1) is 0 Å². The quantitative estimate of drug-likeness (QED) is 0.725. The van der Waals surface area contributed by atoms with Crippen LogP contribution < -0.4 is 4.90 Å². The largest absolute Gasteiger partial charge is 0.429 e. The molecule has 0 amide bonds. The number of hydrogen-bond acceptors (Lipinski definition) is 3. The number of para-hydroxylation sites is 1. The van der Waals surface area contributed by atoms with Gasteiger partial charge in [-0.3, -0.25) is 4.90 Å². The maximum atomic E-state index is 5.41. The fourth-order valence-electron chi connectivity index (χ4n) is 1.26. The summed E-state index contributed by atoms with van der Waals surface area (Å²) in [5, 5.41) is 0. The Morgan fingerprint density at radius 2 is 1.93 bits per heavy atom. The van der Waals surface area contributed by atoms with E-state index >= 15 is 0 Å². The van der Waals surface area contributed by atoms with Crippen molar-refractivity contribution in [2.45, 2.75) is 6.92 Å². The van der Waals surface area contributed by atoms with Crippen LogP contribution in [0.2, 0.25) is 0 Å². The van der Waals surface area contributed by atoms with Crippen LogP contribution >= 0.6 is 0 Å². The van der Waals surface area contributed by atoms with Crippen molar-refractivity contribution in [2.75, 3.05) is 11.9 Å². The summed E-state index contributed by atoms with van der Waals surface area (Å²) in [6, 6.07) is 10.6. The average molecular weight is 188 g/mol. The third-order valence-electron chi connectivity index (χ3n) is 2.04. The Morgan fingerprint density at radius 1 is 1.21 bits per heavy atom. The van der Waals surface area contributed by atoms with Gasteiger partial charge in [0, 0.05) is 12.7 Å². The number of rotatable bonds is 2. The molecule has 0 atom stereocenters. The summed E-state index contributed by atoms with van der Waals surface area (Å²) >= 11 is 0. The fourth-order valence-corrected chi connectivity index (χ4v) is 1.26. The van der Waals surface area contributed by atoms with Crippen molar-refractivity contribution in [3.63, 3.8) is 0 Å². The van der Waals surface area contributed by atoms with E-state index in [2.05, 4.69) is 4.98 Å². The lowest BCUT2D eigenvalue weighted by Gasteiger charge is -2.13. The van der Waals surface area contributed by atoms with Crippen LogP contribution in [0, 0.1) is 6.92 Å². The van der Waals surface area contributed by atoms with E-state index in [4.69, 9.17) is 4.42 Å². The number of aromatic nitrogens is 1. The van der Waals surface area contributed by atoms with E-state index in [1.165, 1.54) is 0 Å². The van der Waals surface area contributed by atoms with Crippen LogP contribution in [0.5, 0.6) is 0 Å².